The van der Waals surface area contributed by atoms with Gasteiger partial charge in [0.05, 0.1) is 0 Å². The van der Waals surface area contributed by atoms with Crippen molar-refractivity contribution in [2.24, 2.45) is 0 Å². The molecule has 0 heterocycles. The van der Waals surface area contributed by atoms with Gasteiger partial charge in [0.1, 0.15) is 0 Å². The van der Waals surface area contributed by atoms with E-state index in [1.807, 2.05) is 0 Å². The second kappa shape index (κ2) is 8.89. The molecule has 7 heteroatoms. The molecule has 82 valence electrons. The van der Waals surface area contributed by atoms with Gasteiger partial charge in [0.15, 0.2) is 0 Å². The average Bonchev–Trinajstić information content (AvgIpc) is 1.79. The van der Waals surface area contributed by atoms with Crippen LogP contribution in [-0.4, -0.2) is 60.6 Å². The van der Waals surface area contributed by atoms with Crippen molar-refractivity contribution in [3.63, 3.8) is 0 Å². The van der Waals surface area contributed by atoms with E-state index in [4.69, 9.17) is 40.0 Å². The van der Waals surface area contributed by atoms with Crippen LogP contribution in [0.25, 0.3) is 0 Å². The Morgan fingerprint density at radius 1 is 0.769 bits per heavy atom. The van der Waals surface area contributed by atoms with E-state index >= 15 is 0 Å². The molecule has 0 saturated carbocycles. The number of rotatable bonds is 3. The predicted octanol–water partition coefficient (Wildman–Crippen LogP) is 2.49. The molecule has 0 aliphatic carbocycles. The Labute approximate surface area is 100 Å². The van der Waals surface area contributed by atoms with Gasteiger partial charge in [0.25, 0.3) is 0 Å². The Kier molecular flexibility index (Phi) is 11.7. The number of nitrogens with zero attached hydrogens (tertiary/aromatic N) is 2. The minimum atomic E-state index is -3.11. The minimum absolute atomic E-state index is 1.15. The topological polar surface area (TPSA) is 6.48 Å². The molecule has 0 radical (unpaired) electrons. The SMILES string of the molecule is CN(C)CCN(C)C.[Cl][Ge]([Cl])([Cl])[Cl]. The number of hydrogen-bond donors (Lipinski definition) is 0. The Balaban J connectivity index is 0. The van der Waals surface area contributed by atoms with Crippen LogP contribution in [0.5, 0.6) is 0 Å². The fraction of sp³-hybridized carbons (Fsp3) is 1.00. The van der Waals surface area contributed by atoms with Crippen LogP contribution >= 0.6 is 40.0 Å². The van der Waals surface area contributed by atoms with E-state index in [2.05, 4.69) is 38.0 Å². The molecule has 0 atom stereocenters. The third-order valence-electron chi connectivity index (χ3n) is 0.994. The van der Waals surface area contributed by atoms with Crippen LogP contribution in [0.4, 0.5) is 0 Å². The number of likely N-dealkylation sites (N-methyl/N-ethyl adjacent to an activating group) is 2. The van der Waals surface area contributed by atoms with Gasteiger partial charge in [-0.2, -0.15) is 0 Å². The van der Waals surface area contributed by atoms with Gasteiger partial charge >= 0.3 is 49.6 Å². The molecular formula is C6H16Cl4GeN2. The van der Waals surface area contributed by atoms with Crippen LogP contribution in [0, 0.1) is 0 Å². The molecule has 0 bridgehead atoms. The normalized spacial score (nSPS) is 11.5. The first-order chi connectivity index (χ1) is 5.63. The van der Waals surface area contributed by atoms with E-state index < -0.39 is 9.55 Å². The quantitative estimate of drug-likeness (QED) is 0.734. The molecule has 0 aromatic carbocycles. The van der Waals surface area contributed by atoms with Gasteiger partial charge in [0.2, 0.25) is 0 Å². The summed E-state index contributed by atoms with van der Waals surface area (Å²) in [5.74, 6) is 0. The maximum absolute atomic E-state index is 5.01. The second-order valence-corrected chi connectivity index (χ2v) is 22.6. The monoisotopic (exact) mass is 330 g/mol. The van der Waals surface area contributed by atoms with Gasteiger partial charge in [-0.1, -0.05) is 0 Å². The summed E-state index contributed by atoms with van der Waals surface area (Å²) in [6.45, 7) is 2.29. The Hall–Kier alpha value is 1.62. The maximum atomic E-state index is 5.01. The molecule has 0 saturated heterocycles. The fourth-order valence-electron chi connectivity index (χ4n) is 0.400. The Bertz CT molecular complexity index is 102. The van der Waals surface area contributed by atoms with Crippen LogP contribution in [0.15, 0.2) is 0 Å². The van der Waals surface area contributed by atoms with Crippen molar-refractivity contribution in [2.45, 2.75) is 0 Å². The Morgan fingerprint density at radius 3 is 1.00 bits per heavy atom. The molecule has 0 unspecified atom stereocenters. The third kappa shape index (κ3) is 42.0. The van der Waals surface area contributed by atoms with Gasteiger partial charge in [-0.3, -0.25) is 0 Å². The molecule has 13 heavy (non-hydrogen) atoms. The molecule has 0 aliphatic heterocycles. The fourth-order valence-corrected chi connectivity index (χ4v) is 0.400. The zero-order valence-corrected chi connectivity index (χ0v) is 13.4. The summed E-state index contributed by atoms with van der Waals surface area (Å²) in [4.78, 5) is 4.36. The first-order valence-electron chi connectivity index (χ1n) is 3.68. The van der Waals surface area contributed by atoms with Crippen molar-refractivity contribution in [1.29, 1.82) is 0 Å². The van der Waals surface area contributed by atoms with Crippen LogP contribution in [0.1, 0.15) is 0 Å². The van der Waals surface area contributed by atoms with Gasteiger partial charge in [0, 0.05) is 13.1 Å². The molecule has 0 N–H and O–H groups in total. The van der Waals surface area contributed by atoms with Crippen LogP contribution < -0.4 is 0 Å². The molecule has 0 amide bonds. The van der Waals surface area contributed by atoms with Crippen molar-refractivity contribution in [2.75, 3.05) is 41.3 Å². The first-order valence-corrected chi connectivity index (χ1v) is 14.7. The summed E-state index contributed by atoms with van der Waals surface area (Å²) in [5.41, 5.74) is 0. The molecule has 2 nitrogen and oxygen atoms in total. The van der Waals surface area contributed by atoms with Crippen molar-refractivity contribution in [3.05, 3.63) is 0 Å². The predicted molar refractivity (Wildman–Crippen MR) is 66.3 cm³/mol. The standard InChI is InChI=1S/C6H16N2.Cl4Ge/c1-7(2)5-6-8(3)4;1-5(2,3)4/h5-6H2,1-4H3;. The zero-order valence-electron chi connectivity index (χ0n) is 8.32. The van der Waals surface area contributed by atoms with Gasteiger partial charge in [-0.05, 0) is 28.2 Å². The van der Waals surface area contributed by atoms with Crippen LogP contribution in [0.2, 0.25) is 0 Å². The molecule has 0 rings (SSSR count). The molecule has 0 spiro atoms. The number of halogens is 4. The van der Waals surface area contributed by atoms with Crippen molar-refractivity contribution in [3.8, 4) is 0 Å². The summed E-state index contributed by atoms with van der Waals surface area (Å²) >= 11 is 0. The zero-order chi connectivity index (χ0) is 11.1. The molecule has 0 aliphatic rings. The molecule has 0 aromatic rings. The van der Waals surface area contributed by atoms with Crippen molar-refractivity contribution >= 4 is 49.6 Å². The second-order valence-electron chi connectivity index (χ2n) is 3.04. The van der Waals surface area contributed by atoms with Gasteiger partial charge in [-0.25, -0.2) is 0 Å². The summed E-state index contributed by atoms with van der Waals surface area (Å²) < 4.78 is 0. The van der Waals surface area contributed by atoms with E-state index in [0.717, 1.165) is 13.1 Å². The molecule has 0 fully saturated rings. The van der Waals surface area contributed by atoms with Gasteiger partial charge < -0.3 is 9.80 Å². The van der Waals surface area contributed by atoms with E-state index in [1.54, 1.807) is 0 Å². The van der Waals surface area contributed by atoms with Crippen LogP contribution in [0.3, 0.4) is 0 Å². The van der Waals surface area contributed by atoms with E-state index in [9.17, 15) is 0 Å². The Morgan fingerprint density at radius 2 is 0.923 bits per heavy atom. The van der Waals surface area contributed by atoms with E-state index in [-0.39, 0.29) is 0 Å². The van der Waals surface area contributed by atoms with Crippen LogP contribution in [-0.2, 0) is 0 Å². The molecule has 0 aromatic heterocycles. The van der Waals surface area contributed by atoms with E-state index in [1.165, 1.54) is 0 Å². The summed E-state index contributed by atoms with van der Waals surface area (Å²) in [5, 5.41) is 0. The van der Waals surface area contributed by atoms with Crippen molar-refractivity contribution in [1.82, 2.24) is 9.80 Å². The summed E-state index contributed by atoms with van der Waals surface area (Å²) in [6.07, 6.45) is 0. The summed E-state index contributed by atoms with van der Waals surface area (Å²) in [6, 6.07) is 0. The van der Waals surface area contributed by atoms with Crippen molar-refractivity contribution < 1.29 is 0 Å². The summed E-state index contributed by atoms with van der Waals surface area (Å²) in [7, 11) is 25.3. The van der Waals surface area contributed by atoms with Gasteiger partial charge in [-0.15, -0.1) is 0 Å². The number of hydrogen-bond acceptors (Lipinski definition) is 2. The molecular weight excluding hydrogens is 315 g/mol. The van der Waals surface area contributed by atoms with E-state index in [0.29, 0.717) is 0 Å². The first kappa shape index (κ1) is 17.0. The average molecular weight is 331 g/mol. The third-order valence-corrected chi connectivity index (χ3v) is 0.994.